The molecule has 2 rings (SSSR count). The summed E-state index contributed by atoms with van der Waals surface area (Å²) in [4.78, 5) is 35.4. The number of esters is 1. The minimum Gasteiger partial charge on any atom is -0.497 e. The Labute approximate surface area is 174 Å². The van der Waals surface area contributed by atoms with Gasteiger partial charge in [-0.1, -0.05) is 13.8 Å². The van der Waals surface area contributed by atoms with Crippen LogP contribution in [0.1, 0.15) is 29.8 Å². The monoisotopic (exact) mass is 416 g/mol. The fourth-order valence-electron chi connectivity index (χ4n) is 2.62. The van der Waals surface area contributed by atoms with Gasteiger partial charge in [-0.25, -0.2) is 4.79 Å². The van der Waals surface area contributed by atoms with Crippen LogP contribution >= 0.6 is 0 Å². The zero-order valence-electron chi connectivity index (χ0n) is 17.2. The highest BCUT2D eigenvalue weighted by Crippen LogP contribution is 2.23. The Hall–Kier alpha value is -3.62. The molecule has 160 valence electrons. The van der Waals surface area contributed by atoms with Crippen LogP contribution in [0, 0.1) is 16.0 Å². The van der Waals surface area contributed by atoms with Gasteiger partial charge in [-0.3, -0.25) is 14.9 Å². The first-order chi connectivity index (χ1) is 14.2. The lowest BCUT2D eigenvalue weighted by molar-refractivity contribution is -0.384. The summed E-state index contributed by atoms with van der Waals surface area (Å²) in [6.07, 6.45) is 0. The molecule has 0 radical (unpaired) electrons. The van der Waals surface area contributed by atoms with Gasteiger partial charge in [0.15, 0.2) is 0 Å². The predicted octanol–water partition coefficient (Wildman–Crippen LogP) is 3.11. The first-order valence-corrected chi connectivity index (χ1v) is 9.19. The van der Waals surface area contributed by atoms with Gasteiger partial charge in [0, 0.05) is 23.8 Å². The van der Waals surface area contributed by atoms with E-state index in [1.54, 1.807) is 19.9 Å². The minimum absolute atomic E-state index is 0.0499. The third-order valence-electron chi connectivity index (χ3n) is 4.35. The van der Waals surface area contributed by atoms with Gasteiger partial charge >= 0.3 is 5.97 Å². The van der Waals surface area contributed by atoms with E-state index in [0.29, 0.717) is 17.1 Å². The highest BCUT2D eigenvalue weighted by Gasteiger charge is 2.26. The zero-order chi connectivity index (χ0) is 22.3. The molecular formula is C21H24N2O7. The van der Waals surface area contributed by atoms with Crippen LogP contribution in [0.25, 0.3) is 0 Å². The van der Waals surface area contributed by atoms with Crippen LogP contribution in [0.5, 0.6) is 11.5 Å². The van der Waals surface area contributed by atoms with Crippen molar-refractivity contribution in [2.45, 2.75) is 26.5 Å². The molecular weight excluding hydrogens is 392 g/mol. The molecule has 1 amide bonds. The lowest BCUT2D eigenvalue weighted by Gasteiger charge is -2.21. The molecule has 0 spiro atoms. The van der Waals surface area contributed by atoms with E-state index in [-0.39, 0.29) is 23.8 Å². The Bertz CT molecular complexity index is 888. The van der Waals surface area contributed by atoms with E-state index in [1.807, 2.05) is 0 Å². The molecule has 0 fully saturated rings. The zero-order valence-corrected chi connectivity index (χ0v) is 17.2. The number of hydrogen-bond acceptors (Lipinski definition) is 7. The maximum Gasteiger partial charge on any atom is 0.329 e. The number of nitro groups is 1. The van der Waals surface area contributed by atoms with Crippen molar-refractivity contribution in [3.63, 3.8) is 0 Å². The van der Waals surface area contributed by atoms with Crippen LogP contribution in [0.15, 0.2) is 42.5 Å². The first kappa shape index (κ1) is 22.7. The molecule has 0 bridgehead atoms. The Balaban J connectivity index is 2.06. The Morgan fingerprint density at radius 1 is 1.03 bits per heavy atom. The number of carbonyl (C=O) groups is 2. The third kappa shape index (κ3) is 5.94. The quantitative estimate of drug-likeness (QED) is 0.379. The predicted molar refractivity (Wildman–Crippen MR) is 109 cm³/mol. The van der Waals surface area contributed by atoms with Crippen molar-refractivity contribution in [3.8, 4) is 11.5 Å². The van der Waals surface area contributed by atoms with E-state index in [0.717, 1.165) is 0 Å². The summed E-state index contributed by atoms with van der Waals surface area (Å²) >= 11 is 0. The Morgan fingerprint density at radius 3 is 2.07 bits per heavy atom. The number of ether oxygens (including phenoxy) is 3. The van der Waals surface area contributed by atoms with Crippen LogP contribution in [-0.4, -0.2) is 37.1 Å². The molecule has 1 atom stereocenters. The number of rotatable bonds is 9. The van der Waals surface area contributed by atoms with E-state index in [1.165, 1.54) is 50.6 Å². The molecule has 30 heavy (non-hydrogen) atoms. The van der Waals surface area contributed by atoms with Crippen LogP contribution in [0.2, 0.25) is 0 Å². The highest BCUT2D eigenvalue weighted by atomic mass is 16.6. The highest BCUT2D eigenvalue weighted by molar-refractivity contribution is 5.97. The number of methoxy groups -OCH3 is 2. The van der Waals surface area contributed by atoms with Crippen molar-refractivity contribution in [1.82, 2.24) is 5.32 Å². The van der Waals surface area contributed by atoms with Gasteiger partial charge in [-0.15, -0.1) is 0 Å². The molecule has 0 aliphatic heterocycles. The maximum atomic E-state index is 12.7. The summed E-state index contributed by atoms with van der Waals surface area (Å²) in [6.45, 7) is 3.50. The Kier molecular flexibility index (Phi) is 7.74. The molecule has 1 unspecified atom stereocenters. The Morgan fingerprint density at radius 2 is 1.60 bits per heavy atom. The van der Waals surface area contributed by atoms with Crippen molar-refractivity contribution in [2.75, 3.05) is 14.2 Å². The van der Waals surface area contributed by atoms with Crippen molar-refractivity contribution in [2.24, 2.45) is 5.92 Å². The molecule has 0 heterocycles. The molecule has 2 aromatic carbocycles. The largest absolute Gasteiger partial charge is 0.497 e. The molecule has 2 aromatic rings. The number of nitrogens with zero attached hydrogens (tertiary/aromatic N) is 1. The van der Waals surface area contributed by atoms with Gasteiger partial charge < -0.3 is 19.5 Å². The van der Waals surface area contributed by atoms with Crippen LogP contribution < -0.4 is 14.8 Å². The van der Waals surface area contributed by atoms with Crippen LogP contribution in [0.4, 0.5) is 5.69 Å². The van der Waals surface area contributed by atoms with Gasteiger partial charge in [0.05, 0.1) is 19.1 Å². The number of benzene rings is 2. The van der Waals surface area contributed by atoms with E-state index < -0.39 is 22.8 Å². The van der Waals surface area contributed by atoms with Crippen LogP contribution in [-0.2, 0) is 16.1 Å². The number of hydrogen-bond donors (Lipinski definition) is 1. The summed E-state index contributed by atoms with van der Waals surface area (Å²) < 4.78 is 15.6. The van der Waals surface area contributed by atoms with Crippen molar-refractivity contribution in [1.29, 1.82) is 0 Å². The summed E-state index contributed by atoms with van der Waals surface area (Å²) in [7, 11) is 2.95. The van der Waals surface area contributed by atoms with E-state index in [9.17, 15) is 19.7 Å². The molecule has 0 aliphatic carbocycles. The second-order valence-electron chi connectivity index (χ2n) is 6.83. The SMILES string of the molecule is COc1cc(OC)cc(C(=O)NC(C(=O)OCc2ccc([N+](=O)[O-])cc2)C(C)C)c1. The second-order valence-corrected chi connectivity index (χ2v) is 6.83. The average molecular weight is 416 g/mol. The lowest BCUT2D eigenvalue weighted by Crippen LogP contribution is -2.45. The molecule has 1 N–H and O–H groups in total. The van der Waals surface area contributed by atoms with Gasteiger partial charge in [0.2, 0.25) is 0 Å². The first-order valence-electron chi connectivity index (χ1n) is 9.19. The van der Waals surface area contributed by atoms with E-state index in [2.05, 4.69) is 5.32 Å². The topological polar surface area (TPSA) is 117 Å². The molecule has 0 saturated heterocycles. The van der Waals surface area contributed by atoms with Crippen LogP contribution in [0.3, 0.4) is 0 Å². The normalized spacial score (nSPS) is 11.5. The molecule has 9 nitrogen and oxygen atoms in total. The third-order valence-corrected chi connectivity index (χ3v) is 4.35. The number of non-ortho nitro benzene ring substituents is 1. The van der Waals surface area contributed by atoms with Crippen molar-refractivity contribution in [3.05, 3.63) is 63.7 Å². The van der Waals surface area contributed by atoms with E-state index >= 15 is 0 Å². The summed E-state index contributed by atoms with van der Waals surface area (Å²) in [6, 6.07) is 9.52. The molecule has 0 saturated carbocycles. The number of carbonyl (C=O) groups excluding carboxylic acids is 2. The number of nitrogens with one attached hydrogen (secondary N) is 1. The molecule has 9 heteroatoms. The van der Waals surface area contributed by atoms with Crippen molar-refractivity contribution >= 4 is 17.6 Å². The van der Waals surface area contributed by atoms with Gasteiger partial charge in [0.1, 0.15) is 24.1 Å². The van der Waals surface area contributed by atoms with Gasteiger partial charge in [-0.05, 0) is 35.7 Å². The smallest absolute Gasteiger partial charge is 0.329 e. The van der Waals surface area contributed by atoms with Gasteiger partial charge in [-0.2, -0.15) is 0 Å². The van der Waals surface area contributed by atoms with Gasteiger partial charge in [0.25, 0.3) is 11.6 Å². The fourth-order valence-corrected chi connectivity index (χ4v) is 2.62. The van der Waals surface area contributed by atoms with Crippen molar-refractivity contribution < 1.29 is 28.7 Å². The number of amides is 1. The van der Waals surface area contributed by atoms with E-state index in [4.69, 9.17) is 14.2 Å². The summed E-state index contributed by atoms with van der Waals surface area (Å²) in [5, 5.41) is 13.4. The molecule has 0 aliphatic rings. The second kappa shape index (κ2) is 10.2. The lowest BCUT2D eigenvalue weighted by atomic mass is 10.0. The standard InChI is InChI=1S/C21H24N2O7/c1-13(2)19(21(25)30-12-14-5-7-16(8-6-14)23(26)27)22-20(24)15-9-17(28-3)11-18(10-15)29-4/h5-11,13,19H,12H2,1-4H3,(H,22,24). The average Bonchev–Trinajstić information content (AvgIpc) is 2.75. The molecule has 0 aromatic heterocycles. The maximum absolute atomic E-state index is 12.7. The summed E-state index contributed by atoms with van der Waals surface area (Å²) in [5.41, 5.74) is 0.825. The minimum atomic E-state index is -0.882. The number of nitro benzene ring substituents is 1. The summed E-state index contributed by atoms with van der Waals surface area (Å²) in [5.74, 6) is -0.418. The fraction of sp³-hybridized carbons (Fsp3) is 0.333.